The zero-order valence-electron chi connectivity index (χ0n) is 30.7. The van der Waals surface area contributed by atoms with E-state index in [4.69, 9.17) is 4.74 Å². The number of esters is 1. The maximum Gasteiger partial charge on any atom is 0.306 e. The van der Waals surface area contributed by atoms with Gasteiger partial charge in [-0.3, -0.25) is 14.4 Å². The van der Waals surface area contributed by atoms with Gasteiger partial charge in [0.25, 0.3) is 5.92 Å². The molecular formula is C42H56F3NO4S. The average molecular weight is 728 g/mol. The summed E-state index contributed by atoms with van der Waals surface area (Å²) >= 11 is 1.13. The van der Waals surface area contributed by atoms with E-state index in [0.717, 1.165) is 85.4 Å². The number of Topliss-reactive ketones (excluding diaryl/α,β-unsaturated/α-hetero) is 1. The van der Waals surface area contributed by atoms with E-state index in [0.29, 0.717) is 35.3 Å². The van der Waals surface area contributed by atoms with E-state index < -0.39 is 18.0 Å². The van der Waals surface area contributed by atoms with Crippen LogP contribution in [0, 0.1) is 17.8 Å². The molecule has 1 aliphatic carbocycles. The number of thiazole rings is 1. The lowest BCUT2D eigenvalue weighted by Crippen LogP contribution is -2.19. The summed E-state index contributed by atoms with van der Waals surface area (Å²) in [5.74, 6) is -1.58. The largest absolute Gasteiger partial charge is 0.461 e. The number of hydrogen-bond donors (Lipinski definition) is 1. The molecule has 3 aromatic rings. The summed E-state index contributed by atoms with van der Waals surface area (Å²) in [6.07, 6.45) is 14.6. The first-order valence-corrected chi connectivity index (χ1v) is 19.9. The number of ether oxygens (including phenoxy) is 1. The van der Waals surface area contributed by atoms with E-state index in [-0.39, 0.29) is 47.2 Å². The first-order valence-electron chi connectivity index (χ1n) is 19.1. The fourth-order valence-corrected chi connectivity index (χ4v) is 8.45. The molecule has 2 aromatic carbocycles. The van der Waals surface area contributed by atoms with Gasteiger partial charge in [-0.05, 0) is 91.0 Å². The minimum absolute atomic E-state index is 0.0565. The van der Waals surface area contributed by atoms with Crippen molar-refractivity contribution in [1.29, 1.82) is 0 Å². The lowest BCUT2D eigenvalue weighted by molar-refractivity contribution is -0.145. The van der Waals surface area contributed by atoms with Gasteiger partial charge in [0.15, 0.2) is 11.5 Å². The van der Waals surface area contributed by atoms with Gasteiger partial charge in [-0.1, -0.05) is 103 Å². The fourth-order valence-electron chi connectivity index (χ4n) is 7.68. The second kappa shape index (κ2) is 19.0. The number of aromatic amines is 1. The molecule has 0 aliphatic heterocycles. The van der Waals surface area contributed by atoms with Gasteiger partial charge in [0.1, 0.15) is 6.61 Å². The van der Waals surface area contributed by atoms with Crippen LogP contribution in [0.25, 0.3) is 10.2 Å². The molecule has 0 saturated heterocycles. The van der Waals surface area contributed by atoms with Crippen molar-refractivity contribution in [3.8, 4) is 0 Å². The lowest BCUT2D eigenvalue weighted by Gasteiger charge is -2.24. The van der Waals surface area contributed by atoms with Crippen molar-refractivity contribution < 1.29 is 27.5 Å². The number of allylic oxidation sites excluding steroid dienone is 1. The second-order valence-corrected chi connectivity index (χ2v) is 15.6. The highest BCUT2D eigenvalue weighted by Crippen LogP contribution is 2.39. The average Bonchev–Trinajstić information content (AvgIpc) is 3.36. The Morgan fingerprint density at radius 1 is 0.961 bits per heavy atom. The quantitative estimate of drug-likeness (QED) is 0.0413. The lowest BCUT2D eigenvalue weighted by atomic mass is 9.83. The molecule has 1 aromatic heterocycles. The van der Waals surface area contributed by atoms with Gasteiger partial charge in [0, 0.05) is 30.4 Å². The highest BCUT2D eigenvalue weighted by atomic mass is 32.1. The summed E-state index contributed by atoms with van der Waals surface area (Å²) in [6, 6.07) is 9.46. The van der Waals surface area contributed by atoms with Crippen molar-refractivity contribution in [3.63, 3.8) is 0 Å². The number of nitrogens with one attached hydrogen (secondary N) is 1. The number of hydrogen-bond acceptors (Lipinski definition) is 5. The van der Waals surface area contributed by atoms with Crippen LogP contribution in [-0.2, 0) is 27.7 Å². The van der Waals surface area contributed by atoms with Gasteiger partial charge in [0.05, 0.1) is 10.2 Å². The molecule has 1 N–H and O–H groups in total. The van der Waals surface area contributed by atoms with Crippen LogP contribution in [0.1, 0.15) is 151 Å². The van der Waals surface area contributed by atoms with Crippen molar-refractivity contribution in [1.82, 2.24) is 4.98 Å². The van der Waals surface area contributed by atoms with Crippen LogP contribution in [0.15, 0.2) is 53.8 Å². The molecule has 1 saturated carbocycles. The Labute approximate surface area is 305 Å². The summed E-state index contributed by atoms with van der Waals surface area (Å²) < 4.78 is 51.1. The third-order valence-corrected chi connectivity index (χ3v) is 11.8. The zero-order valence-corrected chi connectivity index (χ0v) is 31.5. The summed E-state index contributed by atoms with van der Waals surface area (Å²) in [5, 5.41) is 0. The Hall–Kier alpha value is -3.20. The number of H-pyrrole nitrogens is 1. The Morgan fingerprint density at radius 2 is 1.71 bits per heavy atom. The predicted octanol–water partition coefficient (Wildman–Crippen LogP) is 12.1. The molecule has 51 heavy (non-hydrogen) atoms. The summed E-state index contributed by atoms with van der Waals surface area (Å²) in [5.41, 5.74) is -0.326. The maximum atomic E-state index is 15.4. The molecule has 4 atom stereocenters. The first kappa shape index (κ1) is 40.6. The third kappa shape index (κ3) is 11.6. The molecule has 0 radical (unpaired) electrons. The Balaban J connectivity index is 1.20. The number of benzene rings is 2. The van der Waals surface area contributed by atoms with Gasteiger partial charge in [-0.15, -0.1) is 0 Å². The molecule has 1 fully saturated rings. The number of fused-ring (bicyclic) bond motifs is 1. The van der Waals surface area contributed by atoms with E-state index in [1.165, 1.54) is 44.4 Å². The molecule has 4 unspecified atom stereocenters. The predicted molar refractivity (Wildman–Crippen MR) is 201 cm³/mol. The van der Waals surface area contributed by atoms with Crippen LogP contribution in [-0.4, -0.2) is 16.7 Å². The first-order chi connectivity index (χ1) is 24.4. The Bertz CT molecular complexity index is 1660. The van der Waals surface area contributed by atoms with Crippen LogP contribution >= 0.6 is 11.3 Å². The molecule has 280 valence electrons. The summed E-state index contributed by atoms with van der Waals surface area (Å²) in [7, 11) is 0. The highest BCUT2D eigenvalue weighted by Gasteiger charge is 2.34. The molecule has 4 rings (SSSR count). The number of carbonyl (C=O) groups is 2. The number of alkyl halides is 3. The Kier molecular flexibility index (Phi) is 15.1. The van der Waals surface area contributed by atoms with Crippen LogP contribution in [0.3, 0.4) is 0 Å². The number of ketones is 1. The molecular weight excluding hydrogens is 672 g/mol. The van der Waals surface area contributed by atoms with E-state index in [2.05, 4.69) is 18.5 Å². The summed E-state index contributed by atoms with van der Waals surface area (Å²) in [4.78, 5) is 39.9. The van der Waals surface area contributed by atoms with Crippen molar-refractivity contribution in [2.45, 2.75) is 142 Å². The molecule has 0 amide bonds. The van der Waals surface area contributed by atoms with Crippen molar-refractivity contribution >= 4 is 33.3 Å². The van der Waals surface area contributed by atoms with Gasteiger partial charge < -0.3 is 9.72 Å². The smallest absolute Gasteiger partial charge is 0.306 e. The number of halogens is 3. The van der Waals surface area contributed by atoms with Crippen LogP contribution in [0.5, 0.6) is 0 Å². The topological polar surface area (TPSA) is 76.2 Å². The van der Waals surface area contributed by atoms with E-state index in [9.17, 15) is 23.2 Å². The monoisotopic (exact) mass is 727 g/mol. The van der Waals surface area contributed by atoms with Crippen LogP contribution < -0.4 is 4.87 Å². The summed E-state index contributed by atoms with van der Waals surface area (Å²) in [6.45, 7) is 8.65. The van der Waals surface area contributed by atoms with E-state index in [1.807, 2.05) is 12.1 Å². The Morgan fingerprint density at radius 3 is 2.43 bits per heavy atom. The third-order valence-electron chi connectivity index (χ3n) is 10.9. The number of unbranched alkanes of at least 4 members (excludes halogenated alkanes) is 1. The second-order valence-electron chi connectivity index (χ2n) is 14.6. The maximum absolute atomic E-state index is 15.4. The van der Waals surface area contributed by atoms with Crippen molar-refractivity contribution in [3.05, 3.63) is 81.0 Å². The molecule has 1 heterocycles. The minimum atomic E-state index is -3.12. The van der Waals surface area contributed by atoms with Gasteiger partial charge >= 0.3 is 10.8 Å². The number of carbonyl (C=O) groups excluding carboxylic acids is 2. The molecule has 0 bridgehead atoms. The minimum Gasteiger partial charge on any atom is -0.461 e. The molecule has 9 heteroatoms. The normalized spacial score (nSPS) is 18.5. The van der Waals surface area contributed by atoms with Gasteiger partial charge in [0.2, 0.25) is 0 Å². The van der Waals surface area contributed by atoms with Gasteiger partial charge in [-0.2, -0.15) is 0 Å². The molecule has 5 nitrogen and oxygen atoms in total. The van der Waals surface area contributed by atoms with E-state index in [1.54, 1.807) is 13.0 Å². The highest BCUT2D eigenvalue weighted by molar-refractivity contribution is 7.16. The van der Waals surface area contributed by atoms with Crippen molar-refractivity contribution in [2.75, 3.05) is 0 Å². The standard InChI is InChI=1S/C42H56F3NO4S/c1-5-12-30(13-9-10-16-37(47)33-20-21-36-38(26-33)51-40(49)46-36)23-31-15-11-14-29(17-18-31)19-22-39(48)50-28-32-24-34(41(43,6-2)7-3)27-35(25-32)42(44,45)8-4/h6,20-21,24-27,29-31H,2,5,7-19,22-23,28H2,1,3-4H3,(H,46,49). The van der Waals surface area contributed by atoms with Crippen LogP contribution in [0.4, 0.5) is 13.2 Å². The number of aromatic nitrogens is 1. The van der Waals surface area contributed by atoms with Crippen molar-refractivity contribution in [2.24, 2.45) is 17.8 Å². The zero-order chi connectivity index (χ0) is 37.0. The molecule has 0 spiro atoms. The SMILES string of the molecule is C=CC(F)(CC)c1cc(COC(=O)CCC2CCCC(CC(CCC)CCCCC(=O)c3ccc4[nH]c(=O)sc4c3)CC2)cc(C(F)(F)CC)c1. The fraction of sp³-hybridized carbons (Fsp3) is 0.595. The number of rotatable bonds is 20. The van der Waals surface area contributed by atoms with Crippen LogP contribution in [0.2, 0.25) is 0 Å². The molecule has 1 aliphatic rings. The van der Waals surface area contributed by atoms with E-state index >= 15 is 4.39 Å². The van der Waals surface area contributed by atoms with Gasteiger partial charge in [-0.25, -0.2) is 13.2 Å².